The van der Waals surface area contributed by atoms with Gasteiger partial charge in [-0.05, 0) is 26.0 Å². The number of aryl methyl sites for hydroxylation is 2. The summed E-state index contributed by atoms with van der Waals surface area (Å²) >= 11 is 7.40. The molecule has 3 heterocycles. The monoisotopic (exact) mass is 320 g/mol. The van der Waals surface area contributed by atoms with Gasteiger partial charge in [0.05, 0.1) is 22.8 Å². The summed E-state index contributed by atoms with van der Waals surface area (Å²) in [4.78, 5) is 21.8. The molecule has 0 bridgehead atoms. The Labute approximate surface area is 130 Å². The minimum atomic E-state index is -0.127. The van der Waals surface area contributed by atoms with Crippen molar-refractivity contribution in [3.63, 3.8) is 0 Å². The van der Waals surface area contributed by atoms with Crippen molar-refractivity contribution in [2.24, 2.45) is 0 Å². The van der Waals surface area contributed by atoms with Crippen molar-refractivity contribution in [3.8, 4) is 0 Å². The van der Waals surface area contributed by atoms with Crippen LogP contribution < -0.4 is 5.32 Å². The van der Waals surface area contributed by atoms with E-state index in [-0.39, 0.29) is 12.3 Å². The molecule has 0 unspecified atom stereocenters. The molecular weight excluding hydrogens is 308 g/mol. The third kappa shape index (κ3) is 3.06. The first-order chi connectivity index (χ1) is 10.0. The molecule has 0 fully saturated rings. The largest absolute Gasteiger partial charge is 0.305 e. The molecule has 0 atom stereocenters. The second kappa shape index (κ2) is 5.46. The molecule has 108 valence electrons. The maximum Gasteiger partial charge on any atom is 0.232 e. The maximum atomic E-state index is 12.0. The fourth-order valence-corrected chi connectivity index (χ4v) is 2.96. The number of thiazole rings is 1. The predicted octanol–water partition coefficient (Wildman–Crippen LogP) is 3.24. The first-order valence-electron chi connectivity index (χ1n) is 6.38. The molecule has 21 heavy (non-hydrogen) atoms. The minimum absolute atomic E-state index is 0.127. The van der Waals surface area contributed by atoms with Crippen molar-refractivity contribution >= 4 is 39.6 Å². The van der Waals surface area contributed by atoms with Crippen LogP contribution in [0.2, 0.25) is 5.02 Å². The first-order valence-corrected chi connectivity index (χ1v) is 7.58. The minimum Gasteiger partial charge on any atom is -0.305 e. The maximum absolute atomic E-state index is 12.0. The highest BCUT2D eigenvalue weighted by Gasteiger charge is 2.11. The molecule has 0 saturated carbocycles. The summed E-state index contributed by atoms with van der Waals surface area (Å²) in [6.07, 6.45) is 3.77. The number of nitrogens with zero attached hydrogens (tertiary/aromatic N) is 3. The van der Waals surface area contributed by atoms with Crippen LogP contribution in [-0.4, -0.2) is 20.3 Å². The predicted molar refractivity (Wildman–Crippen MR) is 84.1 cm³/mol. The Morgan fingerprint density at radius 1 is 1.33 bits per heavy atom. The van der Waals surface area contributed by atoms with Crippen LogP contribution in [0.25, 0.3) is 5.65 Å². The molecular formula is C14H13ClN4OS. The lowest BCUT2D eigenvalue weighted by atomic mass is 10.3. The van der Waals surface area contributed by atoms with Gasteiger partial charge in [0.15, 0.2) is 5.13 Å². The summed E-state index contributed by atoms with van der Waals surface area (Å²) in [5, 5.41) is 4.06. The van der Waals surface area contributed by atoms with E-state index in [4.69, 9.17) is 11.6 Å². The molecule has 1 N–H and O–H groups in total. The SMILES string of the molecule is Cc1nc(NC(=O)Cc2cn3cc(Cl)ccc3n2)sc1C. The standard InChI is InChI=1S/C14H13ClN4OS/c1-8-9(2)21-14(16-8)18-13(20)5-11-7-19-6-10(15)3-4-12(19)17-11/h3-4,6-7H,5H2,1-2H3,(H,16,18,20). The van der Waals surface area contributed by atoms with Crippen molar-refractivity contribution in [3.05, 3.63) is 45.8 Å². The molecule has 0 aliphatic carbocycles. The van der Waals surface area contributed by atoms with Gasteiger partial charge in [-0.1, -0.05) is 11.6 Å². The molecule has 3 rings (SSSR count). The number of fused-ring (bicyclic) bond motifs is 1. The van der Waals surface area contributed by atoms with Gasteiger partial charge in [-0.3, -0.25) is 4.79 Å². The van der Waals surface area contributed by atoms with E-state index in [1.165, 1.54) is 11.3 Å². The molecule has 0 spiro atoms. The summed E-state index contributed by atoms with van der Waals surface area (Å²) in [5.74, 6) is -0.127. The van der Waals surface area contributed by atoms with Crippen LogP contribution in [0.1, 0.15) is 16.3 Å². The summed E-state index contributed by atoms with van der Waals surface area (Å²) in [6, 6.07) is 3.59. The molecule has 5 nitrogen and oxygen atoms in total. The van der Waals surface area contributed by atoms with E-state index in [9.17, 15) is 4.79 Å². The zero-order chi connectivity index (χ0) is 15.0. The number of halogens is 1. The second-order valence-electron chi connectivity index (χ2n) is 4.73. The van der Waals surface area contributed by atoms with Crippen molar-refractivity contribution in [1.29, 1.82) is 0 Å². The van der Waals surface area contributed by atoms with Gasteiger partial charge in [0.25, 0.3) is 0 Å². The van der Waals surface area contributed by atoms with E-state index >= 15 is 0 Å². The normalized spacial score (nSPS) is 11.0. The zero-order valence-electron chi connectivity index (χ0n) is 11.6. The molecule has 0 aliphatic rings. The number of hydrogen-bond donors (Lipinski definition) is 1. The van der Waals surface area contributed by atoms with E-state index in [2.05, 4.69) is 15.3 Å². The van der Waals surface area contributed by atoms with Gasteiger partial charge in [-0.15, -0.1) is 11.3 Å². The van der Waals surface area contributed by atoms with Gasteiger partial charge in [-0.25, -0.2) is 9.97 Å². The molecule has 0 saturated heterocycles. The number of rotatable bonds is 3. The smallest absolute Gasteiger partial charge is 0.232 e. The Morgan fingerprint density at radius 2 is 2.14 bits per heavy atom. The first kappa shape index (κ1) is 14.0. The van der Waals surface area contributed by atoms with Crippen molar-refractivity contribution in [2.45, 2.75) is 20.3 Å². The van der Waals surface area contributed by atoms with E-state index in [0.717, 1.165) is 16.2 Å². The van der Waals surface area contributed by atoms with Crippen LogP contribution in [0.4, 0.5) is 5.13 Å². The highest BCUT2D eigenvalue weighted by atomic mass is 35.5. The number of pyridine rings is 1. The average Bonchev–Trinajstić information content (AvgIpc) is 2.92. The molecule has 0 radical (unpaired) electrons. The Morgan fingerprint density at radius 3 is 2.86 bits per heavy atom. The quantitative estimate of drug-likeness (QED) is 0.806. The van der Waals surface area contributed by atoms with Crippen molar-refractivity contribution in [1.82, 2.24) is 14.4 Å². The van der Waals surface area contributed by atoms with Crippen LogP contribution >= 0.6 is 22.9 Å². The highest BCUT2D eigenvalue weighted by Crippen LogP contribution is 2.21. The molecule has 0 aromatic carbocycles. The number of nitrogens with one attached hydrogen (secondary N) is 1. The lowest BCUT2D eigenvalue weighted by molar-refractivity contribution is -0.115. The summed E-state index contributed by atoms with van der Waals surface area (Å²) in [5.41, 5.74) is 2.40. The molecule has 1 amide bonds. The lowest BCUT2D eigenvalue weighted by Crippen LogP contribution is -2.14. The van der Waals surface area contributed by atoms with Gasteiger partial charge < -0.3 is 9.72 Å². The fraction of sp³-hybridized carbons (Fsp3) is 0.214. The van der Waals surface area contributed by atoms with Crippen LogP contribution in [-0.2, 0) is 11.2 Å². The number of hydrogen-bond acceptors (Lipinski definition) is 4. The van der Waals surface area contributed by atoms with Gasteiger partial charge in [0, 0.05) is 17.3 Å². The van der Waals surface area contributed by atoms with Crippen LogP contribution in [0.3, 0.4) is 0 Å². The number of carbonyl (C=O) groups excluding carboxylic acids is 1. The Kier molecular flexibility index (Phi) is 3.65. The third-order valence-electron chi connectivity index (χ3n) is 3.08. The summed E-state index contributed by atoms with van der Waals surface area (Å²) in [7, 11) is 0. The molecule has 7 heteroatoms. The average molecular weight is 321 g/mol. The van der Waals surface area contributed by atoms with E-state index in [0.29, 0.717) is 15.8 Å². The fourth-order valence-electron chi connectivity index (χ4n) is 1.96. The topological polar surface area (TPSA) is 59.3 Å². The van der Waals surface area contributed by atoms with Gasteiger partial charge in [0.1, 0.15) is 5.65 Å². The van der Waals surface area contributed by atoms with Gasteiger partial charge in [0.2, 0.25) is 5.91 Å². The van der Waals surface area contributed by atoms with Crippen molar-refractivity contribution in [2.75, 3.05) is 5.32 Å². The van der Waals surface area contributed by atoms with Crippen LogP contribution in [0.5, 0.6) is 0 Å². The molecule has 3 aromatic rings. The van der Waals surface area contributed by atoms with Crippen LogP contribution in [0, 0.1) is 13.8 Å². The molecule has 0 aliphatic heterocycles. The van der Waals surface area contributed by atoms with E-state index in [1.807, 2.05) is 24.3 Å². The Hall–Kier alpha value is -1.92. The van der Waals surface area contributed by atoms with Crippen molar-refractivity contribution < 1.29 is 4.79 Å². The summed E-state index contributed by atoms with van der Waals surface area (Å²) in [6.45, 7) is 3.90. The Bertz CT molecular complexity index is 804. The van der Waals surface area contributed by atoms with E-state index < -0.39 is 0 Å². The van der Waals surface area contributed by atoms with Gasteiger partial charge in [-0.2, -0.15) is 0 Å². The second-order valence-corrected chi connectivity index (χ2v) is 6.37. The Balaban J connectivity index is 1.73. The number of imidazole rings is 1. The number of amides is 1. The number of carbonyl (C=O) groups is 1. The van der Waals surface area contributed by atoms with E-state index in [1.54, 1.807) is 18.5 Å². The number of aromatic nitrogens is 3. The number of anilines is 1. The van der Waals surface area contributed by atoms with Gasteiger partial charge >= 0.3 is 0 Å². The molecule has 3 aromatic heterocycles. The van der Waals surface area contributed by atoms with Crippen LogP contribution in [0.15, 0.2) is 24.5 Å². The zero-order valence-corrected chi connectivity index (χ0v) is 13.1. The highest BCUT2D eigenvalue weighted by molar-refractivity contribution is 7.15. The third-order valence-corrected chi connectivity index (χ3v) is 4.29. The summed E-state index contributed by atoms with van der Waals surface area (Å²) < 4.78 is 1.81. The lowest BCUT2D eigenvalue weighted by Gasteiger charge is -1.98.